The van der Waals surface area contributed by atoms with Crippen LogP contribution in [0.3, 0.4) is 0 Å². The molecule has 0 saturated carbocycles. The molecule has 0 aliphatic heterocycles. The second kappa shape index (κ2) is 6.45. The summed E-state index contributed by atoms with van der Waals surface area (Å²) < 4.78 is 10.4. The van der Waals surface area contributed by atoms with E-state index >= 15 is 0 Å². The van der Waals surface area contributed by atoms with Gasteiger partial charge in [-0.25, -0.2) is 0 Å². The molecule has 0 aliphatic rings. The van der Waals surface area contributed by atoms with Crippen LogP contribution in [0.15, 0.2) is 18.2 Å². The van der Waals surface area contributed by atoms with Crippen LogP contribution < -0.4 is 14.8 Å². The van der Waals surface area contributed by atoms with Gasteiger partial charge in [-0.15, -0.1) is 0 Å². The van der Waals surface area contributed by atoms with Gasteiger partial charge in [0.25, 0.3) is 0 Å². The van der Waals surface area contributed by atoms with Gasteiger partial charge in [-0.1, -0.05) is 0 Å². The summed E-state index contributed by atoms with van der Waals surface area (Å²) in [7, 11) is 3.31. The van der Waals surface area contributed by atoms with Gasteiger partial charge in [-0.05, 0) is 18.4 Å². The van der Waals surface area contributed by atoms with Gasteiger partial charge in [0.2, 0.25) is 0 Å². The average Bonchev–Trinajstić information content (AvgIpc) is 2.29. The van der Waals surface area contributed by atoms with Gasteiger partial charge in [0.1, 0.15) is 11.5 Å². The second-order valence-electron chi connectivity index (χ2n) is 2.99. The highest BCUT2D eigenvalue weighted by molar-refractivity contribution is 7.98. The smallest absolute Gasteiger partial charge is 0.145 e. The van der Waals surface area contributed by atoms with Gasteiger partial charge in [0.15, 0.2) is 0 Å². The molecule has 15 heavy (non-hydrogen) atoms. The maximum atomic E-state index is 5.27. The second-order valence-corrected chi connectivity index (χ2v) is 3.97. The Balaban J connectivity index is 2.69. The molecule has 1 rings (SSSR count). The van der Waals surface area contributed by atoms with Crippen LogP contribution in [-0.4, -0.2) is 32.8 Å². The van der Waals surface area contributed by atoms with E-state index in [2.05, 4.69) is 11.6 Å². The molecule has 1 N–H and O–H groups in total. The van der Waals surface area contributed by atoms with Crippen molar-refractivity contribution in [2.24, 2.45) is 0 Å². The number of nitrogens with one attached hydrogen (secondary N) is 1. The summed E-state index contributed by atoms with van der Waals surface area (Å²) >= 11 is 1.81. The topological polar surface area (TPSA) is 30.5 Å². The van der Waals surface area contributed by atoms with Crippen LogP contribution in [0.1, 0.15) is 0 Å². The predicted octanol–water partition coefficient (Wildman–Crippen LogP) is 2.48. The van der Waals surface area contributed by atoms with Gasteiger partial charge in [-0.3, -0.25) is 0 Å². The van der Waals surface area contributed by atoms with Crippen LogP contribution in [-0.2, 0) is 0 Å². The molecule has 1 aromatic rings. The molecule has 1 aromatic carbocycles. The Morgan fingerprint density at radius 3 is 2.67 bits per heavy atom. The summed E-state index contributed by atoms with van der Waals surface area (Å²) in [5.74, 6) is 2.70. The molecular formula is C11H17NO2S. The van der Waals surface area contributed by atoms with Gasteiger partial charge < -0.3 is 14.8 Å². The summed E-state index contributed by atoms with van der Waals surface area (Å²) in [6, 6.07) is 5.77. The predicted molar refractivity (Wildman–Crippen MR) is 66.4 cm³/mol. The van der Waals surface area contributed by atoms with Crippen molar-refractivity contribution < 1.29 is 9.47 Å². The summed E-state index contributed by atoms with van der Waals surface area (Å²) in [6.45, 7) is 0.934. The number of ether oxygens (including phenoxy) is 2. The first-order chi connectivity index (χ1) is 7.31. The number of hydrogen-bond donors (Lipinski definition) is 1. The molecule has 0 spiro atoms. The van der Waals surface area contributed by atoms with Crippen LogP contribution in [0, 0.1) is 0 Å². The largest absolute Gasteiger partial charge is 0.497 e. The lowest BCUT2D eigenvalue weighted by Crippen LogP contribution is -2.05. The van der Waals surface area contributed by atoms with Gasteiger partial charge in [-0.2, -0.15) is 11.8 Å². The Morgan fingerprint density at radius 1 is 1.27 bits per heavy atom. The minimum Gasteiger partial charge on any atom is -0.497 e. The molecule has 3 nitrogen and oxygen atoms in total. The first-order valence-electron chi connectivity index (χ1n) is 4.76. The van der Waals surface area contributed by atoms with Gasteiger partial charge in [0.05, 0.1) is 19.9 Å². The van der Waals surface area contributed by atoms with Crippen molar-refractivity contribution in [1.82, 2.24) is 0 Å². The molecule has 0 fully saturated rings. The van der Waals surface area contributed by atoms with E-state index in [0.29, 0.717) is 0 Å². The molecule has 84 valence electrons. The van der Waals surface area contributed by atoms with Crippen molar-refractivity contribution in [3.8, 4) is 11.5 Å². The van der Waals surface area contributed by atoms with Gasteiger partial charge in [0, 0.05) is 18.4 Å². The minimum absolute atomic E-state index is 0.808. The zero-order valence-electron chi connectivity index (χ0n) is 9.37. The lowest BCUT2D eigenvalue weighted by atomic mass is 10.2. The Hall–Kier alpha value is -1.03. The fourth-order valence-electron chi connectivity index (χ4n) is 1.23. The van der Waals surface area contributed by atoms with Gasteiger partial charge >= 0.3 is 0 Å². The Bertz CT molecular complexity index is 305. The molecule has 0 unspecified atom stereocenters. The molecule has 0 atom stereocenters. The maximum absolute atomic E-state index is 5.27. The molecule has 0 saturated heterocycles. The number of rotatable bonds is 6. The lowest BCUT2D eigenvalue weighted by molar-refractivity contribution is 0.395. The van der Waals surface area contributed by atoms with E-state index in [1.165, 1.54) is 0 Å². The van der Waals surface area contributed by atoms with Crippen LogP contribution in [0.4, 0.5) is 5.69 Å². The first-order valence-corrected chi connectivity index (χ1v) is 6.16. The third-order valence-electron chi connectivity index (χ3n) is 2.03. The Morgan fingerprint density at radius 2 is 2.07 bits per heavy atom. The molecule has 0 bridgehead atoms. The maximum Gasteiger partial charge on any atom is 0.145 e. The summed E-state index contributed by atoms with van der Waals surface area (Å²) in [4.78, 5) is 0. The molecule has 4 heteroatoms. The standard InChI is InChI=1S/C11H17NO2S/c1-13-9-4-5-10(11(8-9)14-2)12-6-7-15-3/h4-5,8,12H,6-7H2,1-3H3. The van der Waals surface area contributed by atoms with Crippen molar-refractivity contribution in [2.45, 2.75) is 0 Å². The molecular weight excluding hydrogens is 210 g/mol. The minimum atomic E-state index is 0.808. The number of hydrogen-bond acceptors (Lipinski definition) is 4. The monoisotopic (exact) mass is 227 g/mol. The number of thioether (sulfide) groups is 1. The Labute approximate surface area is 95.2 Å². The van der Waals surface area contributed by atoms with Crippen molar-refractivity contribution >= 4 is 17.4 Å². The molecule has 0 aromatic heterocycles. The van der Waals surface area contributed by atoms with Crippen molar-refractivity contribution in [3.63, 3.8) is 0 Å². The fourth-order valence-corrected chi connectivity index (χ4v) is 1.54. The van der Waals surface area contributed by atoms with Crippen LogP contribution in [0.2, 0.25) is 0 Å². The van der Waals surface area contributed by atoms with Crippen molar-refractivity contribution in [2.75, 3.05) is 38.1 Å². The zero-order valence-corrected chi connectivity index (χ0v) is 10.2. The average molecular weight is 227 g/mol. The summed E-state index contributed by atoms with van der Waals surface area (Å²) in [6.07, 6.45) is 2.09. The first kappa shape index (κ1) is 12.0. The molecule has 0 heterocycles. The number of methoxy groups -OCH3 is 2. The van der Waals surface area contributed by atoms with Crippen molar-refractivity contribution in [1.29, 1.82) is 0 Å². The number of benzene rings is 1. The van der Waals surface area contributed by atoms with E-state index in [0.717, 1.165) is 29.5 Å². The quantitative estimate of drug-likeness (QED) is 0.756. The third kappa shape index (κ3) is 3.55. The van der Waals surface area contributed by atoms with E-state index in [1.54, 1.807) is 14.2 Å². The molecule has 0 aliphatic carbocycles. The summed E-state index contributed by atoms with van der Waals surface area (Å²) in [5.41, 5.74) is 1.01. The third-order valence-corrected chi connectivity index (χ3v) is 2.64. The van der Waals surface area contributed by atoms with Crippen LogP contribution >= 0.6 is 11.8 Å². The molecule has 0 amide bonds. The highest BCUT2D eigenvalue weighted by Gasteiger charge is 2.03. The van der Waals surface area contributed by atoms with E-state index in [1.807, 2.05) is 30.0 Å². The molecule has 0 radical (unpaired) electrons. The number of anilines is 1. The van der Waals surface area contributed by atoms with Crippen molar-refractivity contribution in [3.05, 3.63) is 18.2 Å². The summed E-state index contributed by atoms with van der Waals surface area (Å²) in [5, 5.41) is 3.32. The lowest BCUT2D eigenvalue weighted by Gasteiger charge is -2.11. The highest BCUT2D eigenvalue weighted by atomic mass is 32.2. The Kier molecular flexibility index (Phi) is 5.18. The van der Waals surface area contributed by atoms with E-state index < -0.39 is 0 Å². The normalized spacial score (nSPS) is 9.80. The van der Waals surface area contributed by atoms with E-state index in [4.69, 9.17) is 9.47 Å². The van der Waals surface area contributed by atoms with E-state index in [-0.39, 0.29) is 0 Å². The van der Waals surface area contributed by atoms with Crippen LogP contribution in [0.25, 0.3) is 0 Å². The SMILES string of the molecule is COc1ccc(NCCSC)c(OC)c1. The fraction of sp³-hybridized carbons (Fsp3) is 0.455. The van der Waals surface area contributed by atoms with E-state index in [9.17, 15) is 0 Å². The zero-order chi connectivity index (χ0) is 11.1. The highest BCUT2D eigenvalue weighted by Crippen LogP contribution is 2.28. The van der Waals surface area contributed by atoms with Crippen LogP contribution in [0.5, 0.6) is 11.5 Å².